The molecule has 0 heterocycles. The lowest BCUT2D eigenvalue weighted by molar-refractivity contribution is -0.133. The predicted molar refractivity (Wildman–Crippen MR) is 88.2 cm³/mol. The topological polar surface area (TPSA) is 54.5 Å². The van der Waals surface area contributed by atoms with Gasteiger partial charge in [-0.25, -0.2) is 8.42 Å². The Balaban J connectivity index is 2.23. The Morgan fingerprint density at radius 2 is 1.82 bits per heavy atom. The van der Waals surface area contributed by atoms with Crippen molar-refractivity contribution in [2.75, 3.05) is 12.8 Å². The average Bonchev–Trinajstić information content (AvgIpc) is 2.44. The highest BCUT2D eigenvalue weighted by atomic mass is 32.2. The molecule has 1 saturated carbocycles. The van der Waals surface area contributed by atoms with Crippen molar-refractivity contribution >= 4 is 15.7 Å². The van der Waals surface area contributed by atoms with Crippen molar-refractivity contribution in [3.8, 4) is 0 Å². The van der Waals surface area contributed by atoms with Gasteiger partial charge in [0.15, 0.2) is 9.84 Å². The molecule has 2 rings (SSSR count). The van der Waals surface area contributed by atoms with Crippen LogP contribution in [0.25, 0.3) is 0 Å². The molecule has 0 aliphatic heterocycles. The Kier molecular flexibility index (Phi) is 5.27. The fraction of sp³-hybridized carbons (Fsp3) is 0.588. The van der Waals surface area contributed by atoms with Gasteiger partial charge in [-0.1, -0.05) is 36.8 Å². The van der Waals surface area contributed by atoms with E-state index in [1.165, 1.54) is 13.3 Å². The van der Waals surface area contributed by atoms with Gasteiger partial charge in [0.1, 0.15) is 5.25 Å². The van der Waals surface area contributed by atoms with E-state index in [4.69, 9.17) is 0 Å². The molecular weight excluding hydrogens is 298 g/mol. The van der Waals surface area contributed by atoms with Crippen LogP contribution in [-0.4, -0.2) is 37.3 Å². The fourth-order valence-corrected chi connectivity index (χ4v) is 3.22. The van der Waals surface area contributed by atoms with Crippen LogP contribution < -0.4 is 0 Å². The molecule has 0 N–H and O–H groups in total. The molecule has 1 aromatic carbocycles. The summed E-state index contributed by atoms with van der Waals surface area (Å²) in [6.07, 6.45) is 4.58. The molecule has 4 nitrogen and oxygen atoms in total. The van der Waals surface area contributed by atoms with Crippen molar-refractivity contribution in [1.29, 1.82) is 0 Å². The maximum Gasteiger partial charge on any atom is 0.241 e. The zero-order chi connectivity index (χ0) is 16.3. The van der Waals surface area contributed by atoms with Crippen LogP contribution in [0.5, 0.6) is 0 Å². The Hall–Kier alpha value is -1.36. The molecule has 1 fully saturated rings. The monoisotopic (exact) mass is 323 g/mol. The SMILES string of the molecule is C[C@@H](c1ccccc1)N(CC1CCC1)C(=O)[C@H](C)S(C)(=O)=O. The molecule has 22 heavy (non-hydrogen) atoms. The van der Waals surface area contributed by atoms with Crippen LogP contribution in [0.1, 0.15) is 44.7 Å². The molecule has 1 amide bonds. The zero-order valence-electron chi connectivity index (χ0n) is 13.5. The summed E-state index contributed by atoms with van der Waals surface area (Å²) in [5.74, 6) is 0.215. The fourth-order valence-electron chi connectivity index (χ4n) is 2.72. The number of carbonyl (C=O) groups is 1. The molecular formula is C17H25NO3S. The zero-order valence-corrected chi connectivity index (χ0v) is 14.3. The summed E-state index contributed by atoms with van der Waals surface area (Å²) >= 11 is 0. The smallest absolute Gasteiger partial charge is 0.241 e. The van der Waals surface area contributed by atoms with Crippen LogP contribution in [0.15, 0.2) is 30.3 Å². The third kappa shape index (κ3) is 3.88. The van der Waals surface area contributed by atoms with Crippen molar-refractivity contribution in [3.05, 3.63) is 35.9 Å². The van der Waals surface area contributed by atoms with Crippen molar-refractivity contribution < 1.29 is 13.2 Å². The van der Waals surface area contributed by atoms with E-state index in [0.29, 0.717) is 12.5 Å². The normalized spacial score (nSPS) is 18.3. The Bertz CT molecular complexity index is 608. The van der Waals surface area contributed by atoms with Crippen molar-refractivity contribution in [2.24, 2.45) is 5.92 Å². The lowest BCUT2D eigenvalue weighted by atomic mass is 9.84. The molecule has 1 aromatic rings. The van der Waals surface area contributed by atoms with Crippen molar-refractivity contribution in [2.45, 2.75) is 44.4 Å². The van der Waals surface area contributed by atoms with Gasteiger partial charge in [0.25, 0.3) is 0 Å². The molecule has 0 bridgehead atoms. The van der Waals surface area contributed by atoms with Gasteiger partial charge in [-0.2, -0.15) is 0 Å². The third-order valence-corrected chi connectivity index (χ3v) is 6.19. The number of hydrogen-bond donors (Lipinski definition) is 0. The molecule has 0 saturated heterocycles. The van der Waals surface area contributed by atoms with Crippen molar-refractivity contribution in [3.63, 3.8) is 0 Å². The predicted octanol–water partition coefficient (Wildman–Crippen LogP) is 2.81. The largest absolute Gasteiger partial charge is 0.335 e. The number of benzene rings is 1. The number of hydrogen-bond acceptors (Lipinski definition) is 3. The molecule has 5 heteroatoms. The summed E-state index contributed by atoms with van der Waals surface area (Å²) in [7, 11) is -3.38. The maximum atomic E-state index is 12.7. The van der Waals surface area contributed by atoms with E-state index in [0.717, 1.165) is 24.7 Å². The minimum absolute atomic E-state index is 0.113. The second kappa shape index (κ2) is 6.82. The van der Waals surface area contributed by atoms with E-state index in [1.54, 1.807) is 4.90 Å². The Morgan fingerprint density at radius 1 is 1.23 bits per heavy atom. The highest BCUT2D eigenvalue weighted by Gasteiger charge is 2.33. The van der Waals surface area contributed by atoms with Crippen molar-refractivity contribution in [1.82, 2.24) is 4.90 Å². The van der Waals surface area contributed by atoms with Crippen LogP contribution in [0.4, 0.5) is 0 Å². The van der Waals surface area contributed by atoms with E-state index >= 15 is 0 Å². The Morgan fingerprint density at radius 3 is 2.27 bits per heavy atom. The highest BCUT2D eigenvalue weighted by Crippen LogP contribution is 2.31. The molecule has 122 valence electrons. The van der Waals surface area contributed by atoms with Gasteiger partial charge in [-0.3, -0.25) is 4.79 Å². The third-order valence-electron chi connectivity index (χ3n) is 4.70. The molecule has 0 unspecified atom stereocenters. The van der Waals surface area contributed by atoms with Crippen LogP contribution in [0.3, 0.4) is 0 Å². The van der Waals surface area contributed by atoms with Crippen LogP contribution in [0, 0.1) is 5.92 Å². The number of rotatable bonds is 6. The molecule has 0 spiro atoms. The van der Waals surface area contributed by atoms with Crippen LogP contribution in [-0.2, 0) is 14.6 Å². The van der Waals surface area contributed by atoms with Gasteiger partial charge in [0.05, 0.1) is 6.04 Å². The number of carbonyl (C=O) groups excluding carboxylic acids is 1. The molecule has 0 radical (unpaired) electrons. The molecule has 1 aliphatic carbocycles. The first-order valence-corrected chi connectivity index (χ1v) is 9.80. The summed E-state index contributed by atoms with van der Waals surface area (Å²) in [5, 5.41) is -0.987. The standard InChI is InChI=1S/C17H25NO3S/c1-13(16-10-5-4-6-11-16)18(12-15-8-7-9-15)17(19)14(2)22(3,20)21/h4-6,10-11,13-15H,7-9,12H2,1-3H3/t13-,14-/m0/s1. The van der Waals surface area contributed by atoms with Gasteiger partial charge in [0, 0.05) is 12.8 Å². The van der Waals surface area contributed by atoms with E-state index in [-0.39, 0.29) is 11.9 Å². The van der Waals surface area contributed by atoms with E-state index < -0.39 is 15.1 Å². The van der Waals surface area contributed by atoms with Gasteiger partial charge < -0.3 is 4.90 Å². The first-order chi connectivity index (χ1) is 10.3. The minimum Gasteiger partial charge on any atom is -0.335 e. The van der Waals surface area contributed by atoms with E-state index in [2.05, 4.69) is 0 Å². The number of nitrogens with zero attached hydrogens (tertiary/aromatic N) is 1. The second-order valence-electron chi connectivity index (χ2n) is 6.35. The highest BCUT2D eigenvalue weighted by molar-refractivity contribution is 7.92. The first kappa shape index (κ1) is 17.0. The summed E-state index contributed by atoms with van der Waals surface area (Å²) in [5.41, 5.74) is 1.04. The lowest BCUT2D eigenvalue weighted by Gasteiger charge is -2.37. The number of amides is 1. The quantitative estimate of drug-likeness (QED) is 0.809. The van der Waals surface area contributed by atoms with Gasteiger partial charge >= 0.3 is 0 Å². The van der Waals surface area contributed by atoms with Crippen LogP contribution in [0.2, 0.25) is 0 Å². The molecule has 0 aromatic heterocycles. The maximum absolute atomic E-state index is 12.7. The summed E-state index contributed by atoms with van der Waals surface area (Å²) in [4.78, 5) is 14.5. The number of sulfone groups is 1. The molecule has 2 atom stereocenters. The molecule has 1 aliphatic rings. The van der Waals surface area contributed by atoms with E-state index in [9.17, 15) is 13.2 Å². The van der Waals surface area contributed by atoms with Gasteiger partial charge in [0.2, 0.25) is 5.91 Å². The van der Waals surface area contributed by atoms with Gasteiger partial charge in [-0.05, 0) is 38.2 Å². The Labute approximate surface area is 133 Å². The van der Waals surface area contributed by atoms with Gasteiger partial charge in [-0.15, -0.1) is 0 Å². The first-order valence-electron chi connectivity index (χ1n) is 7.85. The van der Waals surface area contributed by atoms with E-state index in [1.807, 2.05) is 37.3 Å². The lowest BCUT2D eigenvalue weighted by Crippen LogP contribution is -2.45. The average molecular weight is 323 g/mol. The summed E-state index contributed by atoms with van der Waals surface area (Å²) in [6, 6.07) is 9.68. The second-order valence-corrected chi connectivity index (χ2v) is 8.71. The van der Waals surface area contributed by atoms with Crippen LogP contribution >= 0.6 is 0 Å². The summed E-state index contributed by atoms with van der Waals surface area (Å²) in [6.45, 7) is 4.11. The minimum atomic E-state index is -3.38. The summed E-state index contributed by atoms with van der Waals surface area (Å²) < 4.78 is 23.5.